The number of carbonyl (C=O) groups is 1. The maximum Gasteiger partial charge on any atom is 0.436 e. The van der Waals surface area contributed by atoms with Gasteiger partial charge < -0.3 is 5.32 Å². The van der Waals surface area contributed by atoms with Crippen LogP contribution in [0.2, 0.25) is 5.02 Å². The number of nitrogens with one attached hydrogen (secondary N) is 1. The van der Waals surface area contributed by atoms with Crippen molar-refractivity contribution in [3.8, 4) is 0 Å². The molecule has 0 aromatic carbocycles. The minimum Gasteiger partial charge on any atom is -0.352 e. The van der Waals surface area contributed by atoms with Crippen molar-refractivity contribution in [2.75, 3.05) is 0 Å². The van der Waals surface area contributed by atoms with Crippen molar-refractivity contribution in [1.82, 2.24) is 24.9 Å². The third kappa shape index (κ3) is 4.20. The average Bonchev–Trinajstić information content (AvgIpc) is 3.19. The average molecular weight is 390 g/mol. The summed E-state index contributed by atoms with van der Waals surface area (Å²) in [7, 11) is 0. The Labute approximate surface area is 153 Å². The quantitative estimate of drug-likeness (QED) is 0.789. The smallest absolute Gasteiger partial charge is 0.352 e. The molecule has 0 atom stereocenters. The number of carbonyl (C=O) groups excluding carboxylic acids is 1. The zero-order chi connectivity index (χ0) is 18.9. The van der Waals surface area contributed by atoms with Gasteiger partial charge >= 0.3 is 6.18 Å². The lowest BCUT2D eigenvalue weighted by molar-refractivity contribution is -0.141. The highest BCUT2D eigenvalue weighted by atomic mass is 35.5. The second kappa shape index (κ2) is 7.30. The van der Waals surface area contributed by atoms with Gasteiger partial charge in [-0.05, 0) is 19.8 Å². The van der Waals surface area contributed by atoms with Gasteiger partial charge in [0.1, 0.15) is 0 Å². The third-order valence-corrected chi connectivity index (χ3v) is 4.59. The first-order chi connectivity index (χ1) is 12.3. The van der Waals surface area contributed by atoms with Gasteiger partial charge in [0.2, 0.25) is 5.91 Å². The predicted molar refractivity (Wildman–Crippen MR) is 88.6 cm³/mol. The van der Waals surface area contributed by atoms with Crippen LogP contribution in [0.5, 0.6) is 0 Å². The Kier molecular flexibility index (Phi) is 5.27. The first-order valence-electron chi connectivity index (χ1n) is 8.41. The van der Waals surface area contributed by atoms with Crippen molar-refractivity contribution in [1.29, 1.82) is 0 Å². The molecule has 2 heterocycles. The summed E-state index contributed by atoms with van der Waals surface area (Å²) in [5.74, 6) is -0.273. The highest BCUT2D eigenvalue weighted by Crippen LogP contribution is 2.46. The van der Waals surface area contributed by atoms with Gasteiger partial charge in [-0.25, -0.2) is 0 Å². The highest BCUT2D eigenvalue weighted by Gasteiger charge is 2.41. The molecule has 1 N–H and O–H groups in total. The van der Waals surface area contributed by atoms with Crippen LogP contribution in [0.15, 0.2) is 12.4 Å². The molecule has 2 aromatic heterocycles. The number of halogens is 4. The van der Waals surface area contributed by atoms with E-state index in [1.165, 1.54) is 4.68 Å². The van der Waals surface area contributed by atoms with Crippen LogP contribution in [0.1, 0.15) is 49.1 Å². The van der Waals surface area contributed by atoms with E-state index in [9.17, 15) is 18.0 Å². The SMILES string of the molecule is CCn1cc(CNC(=O)CCn2nc(C(F)(F)F)c(Cl)c2C2CC2)cn1. The Morgan fingerprint density at radius 2 is 2.15 bits per heavy atom. The van der Waals surface area contributed by atoms with Crippen molar-refractivity contribution >= 4 is 17.5 Å². The zero-order valence-corrected chi connectivity index (χ0v) is 14.9. The number of hydrogen-bond acceptors (Lipinski definition) is 3. The lowest BCUT2D eigenvalue weighted by Crippen LogP contribution is -2.24. The van der Waals surface area contributed by atoms with Crippen molar-refractivity contribution in [2.45, 2.75) is 57.9 Å². The molecule has 6 nitrogen and oxygen atoms in total. The molecule has 0 unspecified atom stereocenters. The molecule has 3 rings (SSSR count). The van der Waals surface area contributed by atoms with E-state index in [4.69, 9.17) is 11.6 Å². The molecule has 1 aliphatic rings. The van der Waals surface area contributed by atoms with Crippen LogP contribution < -0.4 is 5.32 Å². The van der Waals surface area contributed by atoms with Crippen LogP contribution in [-0.2, 0) is 30.6 Å². The lowest BCUT2D eigenvalue weighted by Gasteiger charge is -2.07. The molecule has 26 heavy (non-hydrogen) atoms. The summed E-state index contributed by atoms with van der Waals surface area (Å²) in [6.45, 7) is 3.07. The van der Waals surface area contributed by atoms with E-state index in [1.54, 1.807) is 10.9 Å². The number of alkyl halides is 3. The van der Waals surface area contributed by atoms with Crippen molar-refractivity contribution < 1.29 is 18.0 Å². The first kappa shape index (κ1) is 18.8. The molecule has 0 spiro atoms. The van der Waals surface area contributed by atoms with Gasteiger partial charge in [-0.1, -0.05) is 11.6 Å². The largest absolute Gasteiger partial charge is 0.436 e. The van der Waals surface area contributed by atoms with Crippen LogP contribution >= 0.6 is 11.6 Å². The molecule has 0 bridgehead atoms. The Hall–Kier alpha value is -2.03. The van der Waals surface area contributed by atoms with E-state index in [0.717, 1.165) is 24.9 Å². The Morgan fingerprint density at radius 3 is 2.73 bits per heavy atom. The summed E-state index contributed by atoms with van der Waals surface area (Å²) in [4.78, 5) is 12.0. The van der Waals surface area contributed by atoms with E-state index in [2.05, 4.69) is 15.5 Å². The fourth-order valence-electron chi connectivity index (χ4n) is 2.72. The Bertz CT molecular complexity index is 794. The summed E-state index contributed by atoms with van der Waals surface area (Å²) >= 11 is 5.91. The second-order valence-corrected chi connectivity index (χ2v) is 6.65. The Balaban J connectivity index is 1.61. The number of amides is 1. The molecule has 2 aromatic rings. The van der Waals surface area contributed by atoms with Gasteiger partial charge in [0.15, 0.2) is 5.69 Å². The third-order valence-electron chi connectivity index (χ3n) is 4.22. The molecule has 1 saturated carbocycles. The van der Waals surface area contributed by atoms with Crippen molar-refractivity contribution in [3.05, 3.63) is 34.4 Å². The fourth-order valence-corrected chi connectivity index (χ4v) is 3.12. The van der Waals surface area contributed by atoms with E-state index in [0.29, 0.717) is 12.2 Å². The summed E-state index contributed by atoms with van der Waals surface area (Å²) < 4.78 is 42.0. The van der Waals surface area contributed by atoms with Crippen molar-refractivity contribution in [2.24, 2.45) is 0 Å². The predicted octanol–water partition coefficient (Wildman–Crippen LogP) is 3.36. The van der Waals surface area contributed by atoms with Gasteiger partial charge in [0.05, 0.1) is 23.5 Å². The van der Waals surface area contributed by atoms with Crippen LogP contribution in [0, 0.1) is 0 Å². The van der Waals surface area contributed by atoms with Gasteiger partial charge in [0.25, 0.3) is 0 Å². The fraction of sp³-hybridized carbons (Fsp3) is 0.562. The number of hydrogen-bond donors (Lipinski definition) is 1. The number of nitrogens with zero attached hydrogens (tertiary/aromatic N) is 4. The minimum atomic E-state index is -4.60. The monoisotopic (exact) mass is 389 g/mol. The van der Waals surface area contributed by atoms with Gasteiger partial charge in [-0.3, -0.25) is 14.2 Å². The van der Waals surface area contributed by atoms with E-state index < -0.39 is 11.9 Å². The molecule has 10 heteroatoms. The highest BCUT2D eigenvalue weighted by molar-refractivity contribution is 6.32. The van der Waals surface area contributed by atoms with Crippen LogP contribution in [0.4, 0.5) is 13.2 Å². The maximum atomic E-state index is 13.0. The minimum absolute atomic E-state index is 0.00551. The second-order valence-electron chi connectivity index (χ2n) is 6.27. The molecular formula is C16H19ClF3N5O. The molecule has 1 amide bonds. The molecule has 1 fully saturated rings. The molecule has 1 aliphatic carbocycles. The number of rotatable bonds is 7. The topological polar surface area (TPSA) is 64.7 Å². The lowest BCUT2D eigenvalue weighted by atomic mass is 10.2. The number of aromatic nitrogens is 4. The van der Waals surface area contributed by atoms with Crippen LogP contribution in [0.25, 0.3) is 0 Å². The van der Waals surface area contributed by atoms with Gasteiger partial charge in [-0.2, -0.15) is 23.4 Å². The molecule has 0 radical (unpaired) electrons. The normalized spacial score (nSPS) is 14.7. The maximum absolute atomic E-state index is 13.0. The Morgan fingerprint density at radius 1 is 1.42 bits per heavy atom. The summed E-state index contributed by atoms with van der Waals surface area (Å²) in [6, 6.07) is 0. The van der Waals surface area contributed by atoms with Crippen LogP contribution in [0.3, 0.4) is 0 Å². The van der Waals surface area contributed by atoms with Gasteiger partial charge in [0, 0.05) is 37.2 Å². The summed E-state index contributed by atoms with van der Waals surface area (Å²) in [5, 5.41) is 10.1. The number of aryl methyl sites for hydroxylation is 2. The van der Waals surface area contributed by atoms with E-state index in [-0.39, 0.29) is 29.8 Å². The van der Waals surface area contributed by atoms with E-state index >= 15 is 0 Å². The van der Waals surface area contributed by atoms with Crippen molar-refractivity contribution in [3.63, 3.8) is 0 Å². The molecular weight excluding hydrogens is 371 g/mol. The molecule has 0 saturated heterocycles. The summed E-state index contributed by atoms with van der Waals surface area (Å²) in [6.07, 6.45) is 0.490. The zero-order valence-electron chi connectivity index (χ0n) is 14.2. The molecule has 0 aliphatic heterocycles. The first-order valence-corrected chi connectivity index (χ1v) is 8.78. The van der Waals surface area contributed by atoms with E-state index in [1.807, 2.05) is 13.1 Å². The summed E-state index contributed by atoms with van der Waals surface area (Å²) in [5.41, 5.74) is 0.171. The van der Waals surface area contributed by atoms with Gasteiger partial charge in [-0.15, -0.1) is 0 Å². The van der Waals surface area contributed by atoms with Crippen LogP contribution in [-0.4, -0.2) is 25.5 Å². The standard InChI is InChI=1S/C16H19ClF3N5O/c1-2-24-9-10(8-22-24)7-21-12(26)5-6-25-14(11-3-4-11)13(17)15(23-25)16(18,19)20/h8-9,11H,2-7H2,1H3,(H,21,26). The molecule has 142 valence electrons.